The van der Waals surface area contributed by atoms with E-state index in [1.54, 1.807) is 0 Å². The molecule has 1 saturated carbocycles. The first-order chi connectivity index (χ1) is 12.4. The van der Waals surface area contributed by atoms with Crippen LogP contribution in [0.2, 0.25) is 0 Å². The Morgan fingerprint density at radius 3 is 2.54 bits per heavy atom. The largest absolute Gasteiger partial charge is 0.373 e. The Balaban J connectivity index is 1.85. The second-order valence-corrected chi connectivity index (χ2v) is 10.5. The molecule has 146 valence electrons. The molecule has 3 nitrogen and oxygen atoms in total. The molecule has 0 amide bonds. The van der Waals surface area contributed by atoms with Crippen molar-refractivity contribution in [2.75, 3.05) is 6.54 Å². The topological polar surface area (TPSA) is 41.1 Å². The Labute approximate surface area is 159 Å². The average molecular weight is 359 g/mol. The van der Waals surface area contributed by atoms with Gasteiger partial charge in [0.05, 0.1) is 6.17 Å². The average Bonchev–Trinajstić information content (AvgIpc) is 2.60. The lowest BCUT2D eigenvalue weighted by Gasteiger charge is -2.59. The first-order valence-electron chi connectivity index (χ1n) is 11.1. The summed E-state index contributed by atoms with van der Waals surface area (Å²) < 4.78 is 0. The number of allylic oxidation sites excluding steroid dienone is 2. The smallest absolute Gasteiger partial charge is 0.161 e. The first-order valence-corrected chi connectivity index (χ1v) is 11.1. The predicted octanol–water partition coefficient (Wildman–Crippen LogP) is 4.78. The molecule has 26 heavy (non-hydrogen) atoms. The van der Waals surface area contributed by atoms with Gasteiger partial charge < -0.3 is 5.32 Å². The summed E-state index contributed by atoms with van der Waals surface area (Å²) in [5.41, 5.74) is 2.72. The lowest BCUT2D eigenvalue weighted by atomic mass is 9.50. The van der Waals surface area contributed by atoms with Crippen LogP contribution >= 0.6 is 0 Å². The van der Waals surface area contributed by atoms with E-state index in [0.717, 1.165) is 25.8 Å². The second-order valence-electron chi connectivity index (χ2n) is 10.5. The molecular weight excluding hydrogens is 320 g/mol. The van der Waals surface area contributed by atoms with Gasteiger partial charge in [-0.3, -0.25) is 10.1 Å². The molecule has 2 heterocycles. The molecule has 3 unspecified atom stereocenters. The number of nitrogens with one attached hydrogen (secondary N) is 2. The number of carbonyl (C=O) groups excluding carboxylic acids is 1. The highest BCUT2D eigenvalue weighted by Crippen LogP contribution is 2.59. The second kappa shape index (κ2) is 6.65. The highest BCUT2D eigenvalue weighted by atomic mass is 16.1. The minimum atomic E-state index is 0.0871. The molecule has 0 radical (unpaired) electrons. The van der Waals surface area contributed by atoms with Crippen LogP contribution in [-0.4, -0.2) is 18.5 Å². The number of Topliss-reactive ketones (excluding diaryl/α,β-unsaturated/α-hetero) is 1. The normalized spacial score (nSPS) is 40.6. The van der Waals surface area contributed by atoms with Crippen LogP contribution in [0.25, 0.3) is 0 Å². The maximum atomic E-state index is 13.5. The molecule has 1 saturated heterocycles. The van der Waals surface area contributed by atoms with Crippen LogP contribution in [-0.2, 0) is 4.79 Å². The van der Waals surface area contributed by atoms with E-state index in [-0.39, 0.29) is 10.8 Å². The van der Waals surface area contributed by atoms with Crippen LogP contribution in [0, 0.1) is 28.6 Å². The molecule has 0 aromatic carbocycles. The summed E-state index contributed by atoms with van der Waals surface area (Å²) in [5.74, 6) is 2.40. The summed E-state index contributed by atoms with van der Waals surface area (Å²) in [6.07, 6.45) is 11.2. The van der Waals surface area contributed by atoms with E-state index >= 15 is 0 Å². The Morgan fingerprint density at radius 2 is 1.85 bits per heavy atom. The summed E-state index contributed by atoms with van der Waals surface area (Å²) >= 11 is 0. The van der Waals surface area contributed by atoms with Crippen molar-refractivity contribution in [2.24, 2.45) is 28.6 Å². The molecule has 4 rings (SSSR count). The van der Waals surface area contributed by atoms with Gasteiger partial charge in [-0.2, -0.15) is 0 Å². The molecule has 0 bridgehead atoms. The van der Waals surface area contributed by atoms with Crippen LogP contribution < -0.4 is 10.6 Å². The van der Waals surface area contributed by atoms with Crippen molar-refractivity contribution < 1.29 is 4.79 Å². The molecule has 2 aliphatic carbocycles. The molecule has 0 spiro atoms. The van der Waals surface area contributed by atoms with Gasteiger partial charge in [0.2, 0.25) is 0 Å². The van der Waals surface area contributed by atoms with E-state index in [1.165, 1.54) is 49.8 Å². The third-order valence-electron chi connectivity index (χ3n) is 8.00. The van der Waals surface area contributed by atoms with Crippen LogP contribution in [0.1, 0.15) is 85.5 Å². The van der Waals surface area contributed by atoms with Crippen molar-refractivity contribution in [3.63, 3.8) is 0 Å². The van der Waals surface area contributed by atoms with E-state index in [9.17, 15) is 4.79 Å². The first kappa shape index (κ1) is 18.5. The summed E-state index contributed by atoms with van der Waals surface area (Å²) in [5, 5.41) is 7.66. The van der Waals surface area contributed by atoms with Gasteiger partial charge in [-0.25, -0.2) is 0 Å². The lowest BCUT2D eigenvalue weighted by molar-refractivity contribution is -0.122. The van der Waals surface area contributed by atoms with Crippen LogP contribution in [0.5, 0.6) is 0 Å². The van der Waals surface area contributed by atoms with Gasteiger partial charge in [0.15, 0.2) is 5.78 Å². The number of carbonyl (C=O) groups is 1. The molecule has 0 aromatic rings. The Kier molecular flexibility index (Phi) is 4.74. The van der Waals surface area contributed by atoms with Crippen LogP contribution in [0.3, 0.4) is 0 Å². The number of hydrogen-bond acceptors (Lipinski definition) is 3. The molecule has 3 heteroatoms. The molecule has 4 atom stereocenters. The SMILES string of the molecule is CC[C@@]1(C2CCCCC2)C2=C(CC(C)(C)CC2=O)NC2NCC(C)CC21. The summed E-state index contributed by atoms with van der Waals surface area (Å²) in [6, 6.07) is 0. The molecule has 4 aliphatic rings. The van der Waals surface area contributed by atoms with Crippen molar-refractivity contribution >= 4 is 5.78 Å². The van der Waals surface area contributed by atoms with Gasteiger partial charge in [-0.15, -0.1) is 0 Å². The van der Waals surface area contributed by atoms with Gasteiger partial charge in [0.25, 0.3) is 0 Å². The van der Waals surface area contributed by atoms with Gasteiger partial charge in [0, 0.05) is 29.0 Å². The number of fused-ring (bicyclic) bond motifs is 1. The van der Waals surface area contributed by atoms with E-state index in [4.69, 9.17) is 0 Å². The van der Waals surface area contributed by atoms with E-state index in [2.05, 4.69) is 38.3 Å². The van der Waals surface area contributed by atoms with Gasteiger partial charge in [-0.1, -0.05) is 47.0 Å². The predicted molar refractivity (Wildman–Crippen MR) is 107 cm³/mol. The standard InChI is InChI=1S/C23H38N2O/c1-5-23(16-9-7-6-8-10-16)17-11-15(2)14-24-21(17)25-18-12-22(3,4)13-19(26)20(18)23/h15-17,21,24-25H,5-14H2,1-4H3/t15?,17?,21?,23-/m0/s1. The van der Waals surface area contributed by atoms with Crippen molar-refractivity contribution in [2.45, 2.75) is 91.6 Å². The Morgan fingerprint density at radius 1 is 1.12 bits per heavy atom. The van der Waals surface area contributed by atoms with Crippen molar-refractivity contribution in [3.8, 4) is 0 Å². The maximum absolute atomic E-state index is 13.5. The van der Waals surface area contributed by atoms with Gasteiger partial charge in [-0.05, 0) is 55.9 Å². The van der Waals surface area contributed by atoms with E-state index < -0.39 is 0 Å². The van der Waals surface area contributed by atoms with E-state index in [0.29, 0.717) is 29.7 Å². The highest BCUT2D eigenvalue weighted by molar-refractivity contribution is 5.99. The monoisotopic (exact) mass is 358 g/mol. The fraction of sp³-hybridized carbons (Fsp3) is 0.870. The number of rotatable bonds is 2. The summed E-state index contributed by atoms with van der Waals surface area (Å²) in [6.45, 7) is 10.4. The molecular formula is C23H38N2O. The maximum Gasteiger partial charge on any atom is 0.161 e. The Hall–Kier alpha value is -0.830. The zero-order valence-electron chi connectivity index (χ0n) is 17.3. The summed E-state index contributed by atoms with van der Waals surface area (Å²) in [7, 11) is 0. The van der Waals surface area contributed by atoms with E-state index in [1.807, 2.05) is 0 Å². The lowest BCUT2D eigenvalue weighted by Crippen LogP contribution is -2.64. The van der Waals surface area contributed by atoms with Crippen molar-refractivity contribution in [3.05, 3.63) is 11.3 Å². The fourth-order valence-corrected chi connectivity index (χ4v) is 6.99. The van der Waals surface area contributed by atoms with Gasteiger partial charge in [0.1, 0.15) is 0 Å². The minimum absolute atomic E-state index is 0.0871. The third kappa shape index (κ3) is 2.85. The molecule has 0 aromatic heterocycles. The zero-order chi connectivity index (χ0) is 18.5. The zero-order valence-corrected chi connectivity index (χ0v) is 17.3. The van der Waals surface area contributed by atoms with Crippen molar-refractivity contribution in [1.29, 1.82) is 0 Å². The van der Waals surface area contributed by atoms with Gasteiger partial charge >= 0.3 is 0 Å². The molecule has 2 N–H and O–H groups in total. The quantitative estimate of drug-likeness (QED) is 0.746. The highest BCUT2D eigenvalue weighted by Gasteiger charge is 2.57. The van der Waals surface area contributed by atoms with Crippen LogP contribution in [0.4, 0.5) is 0 Å². The molecule has 2 aliphatic heterocycles. The Bertz CT molecular complexity index is 601. The number of hydrogen-bond donors (Lipinski definition) is 2. The van der Waals surface area contributed by atoms with Crippen LogP contribution in [0.15, 0.2) is 11.3 Å². The molecule has 2 fully saturated rings. The minimum Gasteiger partial charge on any atom is -0.373 e. The fourth-order valence-electron chi connectivity index (χ4n) is 6.99. The summed E-state index contributed by atoms with van der Waals surface area (Å²) in [4.78, 5) is 13.5. The van der Waals surface area contributed by atoms with Crippen molar-refractivity contribution in [1.82, 2.24) is 10.6 Å². The number of piperidine rings is 1. The third-order valence-corrected chi connectivity index (χ3v) is 8.00. The number of ketones is 1.